The molecule has 5 atom stereocenters. The van der Waals surface area contributed by atoms with Gasteiger partial charge in [-0.3, -0.25) is 9.59 Å². The number of carbonyl (C=O) groups is 2. The monoisotopic (exact) mass is 376 g/mol. The van der Waals surface area contributed by atoms with Gasteiger partial charge in [-0.25, -0.2) is 0 Å². The third kappa shape index (κ3) is 2.23. The summed E-state index contributed by atoms with van der Waals surface area (Å²) >= 11 is 0. The van der Waals surface area contributed by atoms with Crippen molar-refractivity contribution in [1.82, 2.24) is 0 Å². The lowest BCUT2D eigenvalue weighted by Gasteiger charge is -2.62. The summed E-state index contributed by atoms with van der Waals surface area (Å²) in [5, 5.41) is 21.8. The van der Waals surface area contributed by atoms with Gasteiger partial charge in [0.25, 0.3) is 0 Å². The molecule has 2 bridgehead atoms. The molecule has 148 valence electrons. The van der Waals surface area contributed by atoms with Crippen LogP contribution in [0.1, 0.15) is 46.5 Å². The van der Waals surface area contributed by atoms with Crippen molar-refractivity contribution in [3.63, 3.8) is 0 Å². The average Bonchev–Trinajstić information content (AvgIpc) is 2.59. The Morgan fingerprint density at radius 1 is 1.22 bits per heavy atom. The van der Waals surface area contributed by atoms with Gasteiger partial charge in [-0.05, 0) is 31.1 Å². The first-order valence-electron chi connectivity index (χ1n) is 9.78. The van der Waals surface area contributed by atoms with Gasteiger partial charge in [0, 0.05) is 34.7 Å². The topological polar surface area (TPSA) is 93.1 Å². The molecule has 2 N–H and O–H groups in total. The van der Waals surface area contributed by atoms with Crippen LogP contribution in [0.4, 0.5) is 0 Å². The van der Waals surface area contributed by atoms with E-state index in [1.807, 2.05) is 0 Å². The largest absolute Gasteiger partial charge is 0.507 e. The van der Waals surface area contributed by atoms with Crippen LogP contribution in [-0.2, 0) is 19.1 Å². The molecule has 0 aromatic carbocycles. The smallest absolute Gasteiger partial charge is 0.233 e. The SMILES string of the molecule is CO[C@H]1OC[C@]23CCC[C@@]1(C)[C@@H]2C[C@@H](O)C1=C3C(=O)C(=O)C(C(C)C)=C1O. The maximum atomic E-state index is 13.2. The molecule has 3 aliphatic carbocycles. The number of hydrogen-bond acceptors (Lipinski definition) is 6. The standard InChI is InChI=1S/C21H28O6/c1-10(2)13-16(23)14-11(22)8-12-20(3)6-5-7-21(12,9-27-19(20)26-4)15(14)18(25)17(13)24/h10-12,19,22-23H,5-9H2,1-4H3/t11-,12+,19+,20+,21-/m1/s1. The minimum Gasteiger partial charge on any atom is -0.507 e. The van der Waals surface area contributed by atoms with Gasteiger partial charge >= 0.3 is 0 Å². The van der Waals surface area contributed by atoms with Crippen LogP contribution < -0.4 is 0 Å². The minimum atomic E-state index is -0.975. The Morgan fingerprint density at radius 2 is 1.93 bits per heavy atom. The summed E-state index contributed by atoms with van der Waals surface area (Å²) in [6.07, 6.45) is 1.50. The second-order valence-corrected chi connectivity index (χ2v) is 9.06. The molecule has 1 saturated carbocycles. The third-order valence-corrected chi connectivity index (χ3v) is 7.37. The second-order valence-electron chi connectivity index (χ2n) is 9.06. The van der Waals surface area contributed by atoms with E-state index in [0.29, 0.717) is 18.4 Å². The molecule has 0 aromatic heterocycles. The van der Waals surface area contributed by atoms with Crippen LogP contribution in [0.25, 0.3) is 0 Å². The summed E-state index contributed by atoms with van der Waals surface area (Å²) in [6, 6.07) is 0. The highest BCUT2D eigenvalue weighted by Gasteiger charge is 2.65. The summed E-state index contributed by atoms with van der Waals surface area (Å²) in [5.41, 5.74) is -0.356. The van der Waals surface area contributed by atoms with Gasteiger partial charge in [-0.1, -0.05) is 27.2 Å². The predicted molar refractivity (Wildman–Crippen MR) is 96.8 cm³/mol. The van der Waals surface area contributed by atoms with E-state index in [1.165, 1.54) is 0 Å². The van der Waals surface area contributed by atoms with E-state index in [4.69, 9.17) is 9.47 Å². The fraction of sp³-hybridized carbons (Fsp3) is 0.714. The van der Waals surface area contributed by atoms with E-state index in [1.54, 1.807) is 21.0 Å². The first kappa shape index (κ1) is 18.8. The molecule has 1 saturated heterocycles. The molecule has 2 fully saturated rings. The minimum absolute atomic E-state index is 0.0450. The van der Waals surface area contributed by atoms with Gasteiger partial charge in [-0.15, -0.1) is 0 Å². The number of Topliss-reactive ketones (excluding diaryl/α,β-unsaturated/α-hetero) is 2. The second kappa shape index (κ2) is 6.00. The van der Waals surface area contributed by atoms with Crippen LogP contribution in [0.15, 0.2) is 22.5 Å². The molecule has 6 nitrogen and oxygen atoms in total. The van der Waals surface area contributed by atoms with Crippen molar-refractivity contribution in [2.75, 3.05) is 13.7 Å². The van der Waals surface area contributed by atoms with E-state index < -0.39 is 29.4 Å². The maximum Gasteiger partial charge on any atom is 0.233 e. The zero-order valence-electron chi connectivity index (χ0n) is 16.4. The number of methoxy groups -OCH3 is 1. The Kier molecular flexibility index (Phi) is 4.19. The molecule has 0 amide bonds. The Hall–Kier alpha value is -1.50. The van der Waals surface area contributed by atoms with Gasteiger partial charge in [0.1, 0.15) is 5.76 Å². The number of rotatable bonds is 2. The van der Waals surface area contributed by atoms with E-state index in [-0.39, 0.29) is 40.8 Å². The van der Waals surface area contributed by atoms with Crippen LogP contribution in [0.5, 0.6) is 0 Å². The van der Waals surface area contributed by atoms with Crippen molar-refractivity contribution >= 4 is 11.6 Å². The van der Waals surface area contributed by atoms with E-state index in [9.17, 15) is 19.8 Å². The molecule has 4 aliphatic rings. The van der Waals surface area contributed by atoms with Crippen molar-refractivity contribution in [3.8, 4) is 0 Å². The van der Waals surface area contributed by atoms with Gasteiger partial charge in [0.05, 0.1) is 12.7 Å². The van der Waals surface area contributed by atoms with Gasteiger partial charge in [0.2, 0.25) is 11.6 Å². The quantitative estimate of drug-likeness (QED) is 0.568. The number of allylic oxidation sites excluding steroid dienone is 1. The van der Waals surface area contributed by atoms with Crippen LogP contribution >= 0.6 is 0 Å². The van der Waals surface area contributed by atoms with Crippen molar-refractivity contribution in [1.29, 1.82) is 0 Å². The summed E-state index contributed by atoms with van der Waals surface area (Å²) in [6.45, 7) is 5.88. The molecule has 0 spiro atoms. The molecule has 6 heteroatoms. The maximum absolute atomic E-state index is 13.2. The molecule has 0 aromatic rings. The molecular formula is C21H28O6. The highest BCUT2D eigenvalue weighted by molar-refractivity contribution is 6.50. The Balaban J connectivity index is 1.96. The fourth-order valence-electron chi connectivity index (χ4n) is 6.26. The molecule has 0 radical (unpaired) electrons. The highest BCUT2D eigenvalue weighted by Crippen LogP contribution is 2.65. The number of ketones is 2. The molecule has 4 rings (SSSR count). The van der Waals surface area contributed by atoms with Crippen LogP contribution in [0, 0.1) is 22.7 Å². The number of aliphatic hydroxyl groups excluding tert-OH is 2. The third-order valence-electron chi connectivity index (χ3n) is 7.37. The Labute approximate surface area is 159 Å². The summed E-state index contributed by atoms with van der Waals surface area (Å²) in [7, 11) is 1.61. The van der Waals surface area contributed by atoms with Crippen LogP contribution in [0.2, 0.25) is 0 Å². The van der Waals surface area contributed by atoms with E-state index >= 15 is 0 Å². The number of ether oxygens (including phenoxy) is 2. The fourth-order valence-corrected chi connectivity index (χ4v) is 6.26. The predicted octanol–water partition coefficient (Wildman–Crippen LogP) is 2.46. The Bertz CT molecular complexity index is 778. The summed E-state index contributed by atoms with van der Waals surface area (Å²) in [5.74, 6) is -1.78. The molecular weight excluding hydrogens is 348 g/mol. The molecule has 1 heterocycles. The first-order valence-corrected chi connectivity index (χ1v) is 9.78. The van der Waals surface area contributed by atoms with Crippen molar-refractivity contribution < 1.29 is 29.3 Å². The van der Waals surface area contributed by atoms with Crippen molar-refractivity contribution in [2.45, 2.75) is 58.8 Å². The van der Waals surface area contributed by atoms with Crippen LogP contribution in [-0.4, -0.2) is 47.9 Å². The van der Waals surface area contributed by atoms with Gasteiger partial charge in [-0.2, -0.15) is 0 Å². The lowest BCUT2D eigenvalue weighted by molar-refractivity contribution is -0.289. The zero-order chi connectivity index (χ0) is 19.7. The summed E-state index contributed by atoms with van der Waals surface area (Å²) < 4.78 is 11.6. The first-order chi connectivity index (χ1) is 12.7. The van der Waals surface area contributed by atoms with Gasteiger partial charge < -0.3 is 19.7 Å². The molecule has 1 aliphatic heterocycles. The van der Waals surface area contributed by atoms with E-state index in [0.717, 1.165) is 12.8 Å². The lowest BCUT2D eigenvalue weighted by atomic mass is 9.46. The van der Waals surface area contributed by atoms with Crippen molar-refractivity contribution in [2.24, 2.45) is 22.7 Å². The van der Waals surface area contributed by atoms with Crippen LogP contribution in [0.3, 0.4) is 0 Å². The normalized spacial score (nSPS) is 41.8. The molecule has 27 heavy (non-hydrogen) atoms. The number of hydrogen-bond donors (Lipinski definition) is 2. The highest BCUT2D eigenvalue weighted by atomic mass is 16.7. The Morgan fingerprint density at radius 3 is 2.56 bits per heavy atom. The van der Waals surface area contributed by atoms with Gasteiger partial charge in [0.15, 0.2) is 6.29 Å². The van der Waals surface area contributed by atoms with E-state index in [2.05, 4.69) is 6.92 Å². The zero-order valence-corrected chi connectivity index (χ0v) is 16.4. The number of aliphatic hydroxyl groups is 2. The molecule has 0 unspecified atom stereocenters. The summed E-state index contributed by atoms with van der Waals surface area (Å²) in [4.78, 5) is 26.0. The average molecular weight is 376 g/mol. The van der Waals surface area contributed by atoms with Crippen molar-refractivity contribution in [3.05, 3.63) is 22.5 Å². The number of carbonyl (C=O) groups excluding carboxylic acids is 2. The lowest BCUT2D eigenvalue weighted by Crippen LogP contribution is -2.63.